The molecular weight excluding hydrogens is 416 g/mol. The van der Waals surface area contributed by atoms with Crippen molar-refractivity contribution in [3.05, 3.63) is 71.1 Å². The van der Waals surface area contributed by atoms with Crippen molar-refractivity contribution in [2.45, 2.75) is 39.0 Å². The fraction of sp³-hybridized carbons (Fsp3) is 0.346. The van der Waals surface area contributed by atoms with E-state index in [0.717, 1.165) is 40.2 Å². The Morgan fingerprint density at radius 2 is 2.06 bits per heavy atom. The van der Waals surface area contributed by atoms with Crippen molar-refractivity contribution in [3.8, 4) is 0 Å². The first kappa shape index (κ1) is 21.2. The number of carbonyl (C=O) groups excluding carboxylic acids is 2. The summed E-state index contributed by atoms with van der Waals surface area (Å²) in [4.78, 5) is 29.8. The molecule has 3 aromatic rings. The summed E-state index contributed by atoms with van der Waals surface area (Å²) in [6.07, 6.45) is 2.70. The number of hydrogen-bond donors (Lipinski definition) is 1. The SMILES string of the molecule is Cc1oncc1Cc1ccc2c(c1)C(C)(C)CN2C(=O)C1CC(=O)N(c2cccc(N)c2)C1. The predicted molar refractivity (Wildman–Crippen MR) is 127 cm³/mol. The van der Waals surface area contributed by atoms with Crippen LogP contribution in [0.4, 0.5) is 17.1 Å². The van der Waals surface area contributed by atoms with Crippen molar-refractivity contribution in [1.82, 2.24) is 5.16 Å². The number of aromatic nitrogens is 1. The van der Waals surface area contributed by atoms with E-state index >= 15 is 0 Å². The molecule has 5 rings (SSSR count). The maximum Gasteiger partial charge on any atom is 0.232 e. The number of amides is 2. The Balaban J connectivity index is 1.38. The Morgan fingerprint density at radius 1 is 1.24 bits per heavy atom. The molecule has 170 valence electrons. The average Bonchev–Trinajstić information content (AvgIpc) is 3.44. The zero-order valence-electron chi connectivity index (χ0n) is 19.2. The van der Waals surface area contributed by atoms with E-state index in [9.17, 15) is 9.59 Å². The minimum atomic E-state index is -0.375. The lowest BCUT2D eigenvalue weighted by atomic mass is 9.85. The summed E-state index contributed by atoms with van der Waals surface area (Å²) >= 11 is 0. The molecule has 2 aromatic carbocycles. The van der Waals surface area contributed by atoms with Crippen LogP contribution in [0, 0.1) is 12.8 Å². The summed E-state index contributed by atoms with van der Waals surface area (Å²) in [5, 5.41) is 3.87. The van der Waals surface area contributed by atoms with Crippen LogP contribution in [0.3, 0.4) is 0 Å². The minimum Gasteiger partial charge on any atom is -0.399 e. The monoisotopic (exact) mass is 444 g/mol. The zero-order chi connectivity index (χ0) is 23.3. The summed E-state index contributed by atoms with van der Waals surface area (Å²) in [5.74, 6) is 0.406. The van der Waals surface area contributed by atoms with Gasteiger partial charge in [0.25, 0.3) is 0 Å². The molecule has 2 N–H and O–H groups in total. The highest BCUT2D eigenvalue weighted by Gasteiger charge is 2.43. The van der Waals surface area contributed by atoms with Gasteiger partial charge in [0.05, 0.1) is 12.1 Å². The first-order chi connectivity index (χ1) is 15.7. The van der Waals surface area contributed by atoms with Gasteiger partial charge in [-0.15, -0.1) is 0 Å². The largest absolute Gasteiger partial charge is 0.399 e. The molecule has 0 saturated carbocycles. The Labute approximate surface area is 193 Å². The third-order valence-corrected chi connectivity index (χ3v) is 6.80. The number of carbonyl (C=O) groups is 2. The van der Waals surface area contributed by atoms with Gasteiger partial charge >= 0.3 is 0 Å². The zero-order valence-corrected chi connectivity index (χ0v) is 19.2. The van der Waals surface area contributed by atoms with Gasteiger partial charge in [-0.3, -0.25) is 9.59 Å². The van der Waals surface area contributed by atoms with Crippen molar-refractivity contribution in [3.63, 3.8) is 0 Å². The molecule has 1 fully saturated rings. The van der Waals surface area contributed by atoms with E-state index in [4.69, 9.17) is 10.3 Å². The van der Waals surface area contributed by atoms with Crippen molar-refractivity contribution in [1.29, 1.82) is 0 Å². The molecule has 3 heterocycles. The van der Waals surface area contributed by atoms with Gasteiger partial charge in [0.2, 0.25) is 11.8 Å². The van der Waals surface area contributed by atoms with Crippen LogP contribution in [0.1, 0.15) is 42.7 Å². The number of aryl methyl sites for hydroxylation is 1. The molecule has 7 heteroatoms. The molecular formula is C26H28N4O3. The topological polar surface area (TPSA) is 92.7 Å². The Morgan fingerprint density at radius 3 is 2.79 bits per heavy atom. The molecule has 1 atom stereocenters. The van der Waals surface area contributed by atoms with Gasteiger partial charge in [0, 0.05) is 54.0 Å². The molecule has 1 saturated heterocycles. The number of nitrogen functional groups attached to an aromatic ring is 1. The lowest BCUT2D eigenvalue weighted by Crippen LogP contribution is -2.39. The van der Waals surface area contributed by atoms with Crippen LogP contribution in [-0.4, -0.2) is 30.1 Å². The molecule has 7 nitrogen and oxygen atoms in total. The van der Waals surface area contributed by atoms with E-state index in [1.165, 1.54) is 0 Å². The molecule has 2 amide bonds. The maximum atomic E-state index is 13.6. The fourth-order valence-corrected chi connectivity index (χ4v) is 4.98. The number of nitrogens with two attached hydrogens (primary N) is 1. The van der Waals surface area contributed by atoms with E-state index in [2.05, 4.69) is 31.1 Å². The minimum absolute atomic E-state index is 0.00390. The van der Waals surface area contributed by atoms with E-state index in [1.807, 2.05) is 30.0 Å². The number of nitrogens with zero attached hydrogens (tertiary/aromatic N) is 3. The molecule has 1 unspecified atom stereocenters. The van der Waals surface area contributed by atoms with Gasteiger partial charge in [-0.05, 0) is 42.3 Å². The van der Waals surface area contributed by atoms with Gasteiger partial charge in [-0.2, -0.15) is 0 Å². The highest BCUT2D eigenvalue weighted by atomic mass is 16.5. The smallest absolute Gasteiger partial charge is 0.232 e. The Bertz CT molecular complexity index is 1250. The van der Waals surface area contributed by atoms with Crippen LogP contribution in [0.2, 0.25) is 0 Å². The molecule has 0 radical (unpaired) electrons. The summed E-state index contributed by atoms with van der Waals surface area (Å²) in [5.41, 5.74) is 11.4. The van der Waals surface area contributed by atoms with Crippen LogP contribution >= 0.6 is 0 Å². The van der Waals surface area contributed by atoms with Gasteiger partial charge in [-0.1, -0.05) is 37.2 Å². The van der Waals surface area contributed by atoms with Crippen LogP contribution in [0.15, 0.2) is 53.2 Å². The lowest BCUT2D eigenvalue weighted by Gasteiger charge is -2.23. The second-order valence-corrected chi connectivity index (χ2v) is 9.74. The van der Waals surface area contributed by atoms with E-state index in [-0.39, 0.29) is 29.6 Å². The van der Waals surface area contributed by atoms with Crippen molar-refractivity contribution in [2.75, 3.05) is 28.6 Å². The van der Waals surface area contributed by atoms with Crippen LogP contribution in [0.25, 0.3) is 0 Å². The van der Waals surface area contributed by atoms with Gasteiger partial charge < -0.3 is 20.1 Å². The molecule has 33 heavy (non-hydrogen) atoms. The fourth-order valence-electron chi connectivity index (χ4n) is 4.98. The third-order valence-electron chi connectivity index (χ3n) is 6.80. The molecule has 2 aliphatic heterocycles. The van der Waals surface area contributed by atoms with Gasteiger partial charge in [-0.25, -0.2) is 0 Å². The molecule has 0 spiro atoms. The summed E-state index contributed by atoms with van der Waals surface area (Å²) in [7, 11) is 0. The standard InChI is InChI=1S/C26H28N4O3/c1-16-18(13-28-33-16)9-17-7-8-23-22(10-17)26(2,3)15-30(23)25(32)19-11-24(31)29(14-19)21-6-4-5-20(27)12-21/h4-8,10,12-13,19H,9,11,14-15,27H2,1-3H3. The number of hydrogen-bond acceptors (Lipinski definition) is 5. The maximum absolute atomic E-state index is 13.6. The first-order valence-electron chi connectivity index (χ1n) is 11.2. The van der Waals surface area contributed by atoms with E-state index in [0.29, 0.717) is 18.8 Å². The second-order valence-electron chi connectivity index (χ2n) is 9.74. The molecule has 0 aliphatic carbocycles. The van der Waals surface area contributed by atoms with E-state index in [1.54, 1.807) is 23.2 Å². The van der Waals surface area contributed by atoms with Gasteiger partial charge in [0.1, 0.15) is 5.76 Å². The highest BCUT2D eigenvalue weighted by molar-refractivity contribution is 6.05. The number of anilines is 3. The molecule has 0 bridgehead atoms. The highest BCUT2D eigenvalue weighted by Crippen LogP contribution is 2.42. The van der Waals surface area contributed by atoms with Crippen molar-refractivity contribution >= 4 is 28.9 Å². The number of rotatable bonds is 4. The van der Waals surface area contributed by atoms with Crippen molar-refractivity contribution in [2.24, 2.45) is 5.92 Å². The normalized spacial score (nSPS) is 19.2. The average molecular weight is 445 g/mol. The predicted octanol–water partition coefficient (Wildman–Crippen LogP) is 3.83. The van der Waals surface area contributed by atoms with Crippen LogP contribution in [0.5, 0.6) is 0 Å². The summed E-state index contributed by atoms with van der Waals surface area (Å²) < 4.78 is 5.19. The molecule has 2 aliphatic rings. The lowest BCUT2D eigenvalue weighted by molar-refractivity contribution is -0.124. The number of benzene rings is 2. The quantitative estimate of drug-likeness (QED) is 0.618. The van der Waals surface area contributed by atoms with Crippen molar-refractivity contribution < 1.29 is 14.1 Å². The van der Waals surface area contributed by atoms with Crippen LogP contribution in [-0.2, 0) is 21.4 Å². The van der Waals surface area contributed by atoms with Gasteiger partial charge in [0.15, 0.2) is 0 Å². The Kier molecular flexibility index (Phi) is 5.00. The van der Waals surface area contributed by atoms with Crippen LogP contribution < -0.4 is 15.5 Å². The third kappa shape index (κ3) is 3.77. The first-order valence-corrected chi connectivity index (χ1v) is 11.2. The number of fused-ring (bicyclic) bond motifs is 1. The second kappa shape index (κ2) is 7.76. The Hall–Kier alpha value is -3.61. The van der Waals surface area contributed by atoms with E-state index < -0.39 is 0 Å². The molecule has 1 aromatic heterocycles. The summed E-state index contributed by atoms with van der Waals surface area (Å²) in [6, 6.07) is 13.5. The summed E-state index contributed by atoms with van der Waals surface area (Å²) in [6.45, 7) is 7.20.